The highest BCUT2D eigenvalue weighted by Crippen LogP contribution is 2.33. The van der Waals surface area contributed by atoms with Crippen LogP contribution in [-0.4, -0.2) is 16.6 Å². The number of hydrogen-bond donors (Lipinski definition) is 0. The van der Waals surface area contributed by atoms with Crippen LogP contribution in [0.25, 0.3) is 0 Å². The maximum atomic E-state index is 5.47. The molecular weight excluding hydrogens is 328 g/mol. The zero-order valence-electron chi connectivity index (χ0n) is 12.6. The SMILES string of the molecule is CC(C)c1cc([C@@H]2CCCN2Cc2ccc(Br)cc2)no1. The number of nitrogens with zero attached hydrogens (tertiary/aromatic N) is 2. The molecule has 4 heteroatoms. The van der Waals surface area contributed by atoms with E-state index in [0.29, 0.717) is 12.0 Å². The molecule has 3 rings (SSSR count). The third kappa shape index (κ3) is 3.38. The first kappa shape index (κ1) is 14.8. The van der Waals surface area contributed by atoms with E-state index in [9.17, 15) is 0 Å². The van der Waals surface area contributed by atoms with Crippen LogP contribution in [0.3, 0.4) is 0 Å². The van der Waals surface area contributed by atoms with Gasteiger partial charge in [-0.3, -0.25) is 4.90 Å². The molecule has 1 atom stereocenters. The lowest BCUT2D eigenvalue weighted by molar-refractivity contribution is 0.236. The topological polar surface area (TPSA) is 29.3 Å². The first-order valence-electron chi connectivity index (χ1n) is 7.58. The molecule has 1 aliphatic heterocycles. The molecule has 1 aromatic carbocycles. The zero-order valence-corrected chi connectivity index (χ0v) is 14.1. The van der Waals surface area contributed by atoms with Gasteiger partial charge in [0.25, 0.3) is 0 Å². The largest absolute Gasteiger partial charge is 0.361 e. The molecule has 112 valence electrons. The second kappa shape index (κ2) is 6.32. The molecule has 0 saturated carbocycles. The molecule has 2 heterocycles. The van der Waals surface area contributed by atoms with Crippen molar-refractivity contribution in [2.45, 2.75) is 45.2 Å². The Hall–Kier alpha value is -1.13. The second-order valence-corrected chi connectivity index (χ2v) is 6.98. The van der Waals surface area contributed by atoms with Crippen molar-refractivity contribution < 1.29 is 4.52 Å². The Morgan fingerprint density at radius 3 is 2.76 bits per heavy atom. The quantitative estimate of drug-likeness (QED) is 0.786. The third-order valence-electron chi connectivity index (χ3n) is 4.12. The maximum absolute atomic E-state index is 5.47. The van der Waals surface area contributed by atoms with Gasteiger partial charge < -0.3 is 4.52 Å². The zero-order chi connectivity index (χ0) is 14.8. The van der Waals surface area contributed by atoms with Crippen molar-refractivity contribution in [3.8, 4) is 0 Å². The number of hydrogen-bond acceptors (Lipinski definition) is 3. The van der Waals surface area contributed by atoms with Gasteiger partial charge in [-0.05, 0) is 37.1 Å². The molecule has 1 saturated heterocycles. The number of rotatable bonds is 4. The molecule has 0 radical (unpaired) electrons. The minimum absolute atomic E-state index is 0.393. The normalized spacial score (nSPS) is 19.5. The Balaban J connectivity index is 1.74. The molecule has 1 fully saturated rings. The first-order chi connectivity index (χ1) is 10.1. The standard InChI is InChI=1S/C17H21BrN2O/c1-12(2)17-10-15(19-21-17)16-4-3-9-20(16)11-13-5-7-14(18)8-6-13/h5-8,10,12,16H,3-4,9,11H2,1-2H3/t16-/m0/s1. The number of aromatic nitrogens is 1. The highest BCUT2D eigenvalue weighted by atomic mass is 79.9. The van der Waals surface area contributed by atoms with Crippen molar-refractivity contribution in [2.75, 3.05) is 6.54 Å². The van der Waals surface area contributed by atoms with Crippen molar-refractivity contribution in [2.24, 2.45) is 0 Å². The van der Waals surface area contributed by atoms with E-state index in [4.69, 9.17) is 4.52 Å². The van der Waals surface area contributed by atoms with Crippen LogP contribution in [0.2, 0.25) is 0 Å². The van der Waals surface area contributed by atoms with Crippen LogP contribution in [0, 0.1) is 0 Å². The molecule has 0 spiro atoms. The van der Waals surface area contributed by atoms with E-state index >= 15 is 0 Å². The molecule has 21 heavy (non-hydrogen) atoms. The van der Waals surface area contributed by atoms with E-state index in [1.807, 2.05) is 0 Å². The van der Waals surface area contributed by atoms with E-state index in [1.165, 1.54) is 18.4 Å². The van der Waals surface area contributed by atoms with Gasteiger partial charge in [0.2, 0.25) is 0 Å². The Morgan fingerprint density at radius 2 is 2.10 bits per heavy atom. The van der Waals surface area contributed by atoms with Gasteiger partial charge in [0.1, 0.15) is 11.5 Å². The van der Waals surface area contributed by atoms with Crippen LogP contribution in [0.4, 0.5) is 0 Å². The lowest BCUT2D eigenvalue weighted by atomic mass is 10.1. The number of benzene rings is 1. The predicted octanol–water partition coefficient (Wildman–Crippen LogP) is 4.90. The molecule has 3 nitrogen and oxygen atoms in total. The fourth-order valence-electron chi connectivity index (χ4n) is 2.91. The van der Waals surface area contributed by atoms with Crippen LogP contribution in [0.15, 0.2) is 39.3 Å². The molecule has 0 amide bonds. The minimum Gasteiger partial charge on any atom is -0.361 e. The lowest BCUT2D eigenvalue weighted by Gasteiger charge is -2.22. The molecule has 0 N–H and O–H groups in total. The van der Waals surface area contributed by atoms with Gasteiger partial charge >= 0.3 is 0 Å². The second-order valence-electron chi connectivity index (χ2n) is 6.06. The van der Waals surface area contributed by atoms with Crippen LogP contribution in [0.5, 0.6) is 0 Å². The summed E-state index contributed by atoms with van der Waals surface area (Å²) in [4.78, 5) is 2.51. The molecular formula is C17H21BrN2O. The fourth-order valence-corrected chi connectivity index (χ4v) is 3.17. The summed E-state index contributed by atoms with van der Waals surface area (Å²) in [5.41, 5.74) is 2.44. The minimum atomic E-state index is 0.393. The maximum Gasteiger partial charge on any atom is 0.139 e. The van der Waals surface area contributed by atoms with Crippen molar-refractivity contribution in [3.63, 3.8) is 0 Å². The van der Waals surface area contributed by atoms with Crippen LogP contribution >= 0.6 is 15.9 Å². The summed E-state index contributed by atoms with van der Waals surface area (Å²) in [6.45, 7) is 6.38. The average molecular weight is 349 g/mol. The Morgan fingerprint density at radius 1 is 1.33 bits per heavy atom. The molecule has 1 aromatic heterocycles. The third-order valence-corrected chi connectivity index (χ3v) is 4.65. The number of likely N-dealkylation sites (tertiary alicyclic amines) is 1. The first-order valence-corrected chi connectivity index (χ1v) is 8.38. The lowest BCUT2D eigenvalue weighted by Crippen LogP contribution is -2.22. The van der Waals surface area contributed by atoms with Gasteiger partial charge in [-0.1, -0.05) is 47.1 Å². The monoisotopic (exact) mass is 348 g/mol. The van der Waals surface area contributed by atoms with Crippen LogP contribution in [-0.2, 0) is 6.54 Å². The highest BCUT2D eigenvalue weighted by molar-refractivity contribution is 9.10. The smallest absolute Gasteiger partial charge is 0.139 e. The van der Waals surface area contributed by atoms with Gasteiger partial charge in [-0.25, -0.2) is 0 Å². The summed E-state index contributed by atoms with van der Waals surface area (Å²) in [7, 11) is 0. The fraction of sp³-hybridized carbons (Fsp3) is 0.471. The summed E-state index contributed by atoms with van der Waals surface area (Å²) >= 11 is 3.49. The van der Waals surface area contributed by atoms with Crippen molar-refractivity contribution in [3.05, 3.63) is 51.8 Å². The van der Waals surface area contributed by atoms with Gasteiger partial charge in [0.05, 0.1) is 6.04 Å². The van der Waals surface area contributed by atoms with E-state index in [2.05, 4.69) is 70.2 Å². The van der Waals surface area contributed by atoms with E-state index < -0.39 is 0 Å². The van der Waals surface area contributed by atoms with Gasteiger partial charge in [0, 0.05) is 23.0 Å². The molecule has 0 aliphatic carbocycles. The Kier molecular flexibility index (Phi) is 4.45. The van der Waals surface area contributed by atoms with E-state index in [1.54, 1.807) is 0 Å². The summed E-state index contributed by atoms with van der Waals surface area (Å²) in [5, 5.41) is 4.30. The van der Waals surface area contributed by atoms with Gasteiger partial charge in [-0.2, -0.15) is 0 Å². The van der Waals surface area contributed by atoms with E-state index in [-0.39, 0.29) is 0 Å². The van der Waals surface area contributed by atoms with Crippen molar-refractivity contribution >= 4 is 15.9 Å². The van der Waals surface area contributed by atoms with E-state index in [0.717, 1.165) is 29.0 Å². The summed E-state index contributed by atoms with van der Waals surface area (Å²) < 4.78 is 6.60. The van der Waals surface area contributed by atoms with Crippen LogP contribution < -0.4 is 0 Å². The molecule has 0 unspecified atom stereocenters. The molecule has 2 aromatic rings. The van der Waals surface area contributed by atoms with Gasteiger partial charge in [-0.15, -0.1) is 0 Å². The molecule has 1 aliphatic rings. The number of halogens is 1. The van der Waals surface area contributed by atoms with Crippen molar-refractivity contribution in [1.82, 2.24) is 10.1 Å². The van der Waals surface area contributed by atoms with Crippen LogP contribution in [0.1, 0.15) is 55.7 Å². The Labute approximate surface area is 134 Å². The predicted molar refractivity (Wildman–Crippen MR) is 87.1 cm³/mol. The molecule has 0 bridgehead atoms. The summed E-state index contributed by atoms with van der Waals surface area (Å²) in [6, 6.07) is 11.1. The average Bonchev–Trinajstić information content (AvgIpc) is 3.09. The Bertz CT molecular complexity index is 591. The summed E-state index contributed by atoms with van der Waals surface area (Å²) in [5.74, 6) is 1.38. The summed E-state index contributed by atoms with van der Waals surface area (Å²) in [6.07, 6.45) is 2.39. The van der Waals surface area contributed by atoms with Gasteiger partial charge in [0.15, 0.2) is 0 Å². The van der Waals surface area contributed by atoms with Crippen molar-refractivity contribution in [1.29, 1.82) is 0 Å². The highest BCUT2D eigenvalue weighted by Gasteiger charge is 2.28.